The number of nitrogens with two attached hydrogens (primary N) is 1. The molecular weight excluding hydrogens is 328 g/mol. The second-order valence-electron chi connectivity index (χ2n) is 7.50. The fourth-order valence-corrected chi connectivity index (χ4v) is 4.65. The summed E-state index contributed by atoms with van der Waals surface area (Å²) >= 11 is 0. The molecule has 2 nitrogen and oxygen atoms in total. The molecule has 2 heteroatoms. The van der Waals surface area contributed by atoms with Crippen molar-refractivity contribution >= 4 is 0 Å². The van der Waals surface area contributed by atoms with Gasteiger partial charge < -0.3 is 5.73 Å². The molecule has 138 valence electrons. The summed E-state index contributed by atoms with van der Waals surface area (Å²) in [5.74, 6) is 0.550. The van der Waals surface area contributed by atoms with Crippen LogP contribution in [-0.4, -0.2) is 24.5 Å². The molecule has 0 saturated carbocycles. The Morgan fingerprint density at radius 1 is 0.741 bits per heavy atom. The Labute approximate surface area is 162 Å². The summed E-state index contributed by atoms with van der Waals surface area (Å²) < 4.78 is 0. The van der Waals surface area contributed by atoms with Crippen molar-refractivity contribution in [2.45, 2.75) is 18.4 Å². The van der Waals surface area contributed by atoms with Gasteiger partial charge in [-0.3, -0.25) is 4.90 Å². The van der Waals surface area contributed by atoms with Crippen LogP contribution < -0.4 is 5.73 Å². The van der Waals surface area contributed by atoms with Crippen molar-refractivity contribution in [1.82, 2.24) is 4.90 Å². The van der Waals surface area contributed by atoms with E-state index in [2.05, 4.69) is 95.9 Å². The van der Waals surface area contributed by atoms with Crippen molar-refractivity contribution in [2.75, 3.05) is 19.6 Å². The lowest BCUT2D eigenvalue weighted by Gasteiger charge is -2.49. The van der Waals surface area contributed by atoms with E-state index in [0.29, 0.717) is 5.92 Å². The zero-order valence-corrected chi connectivity index (χ0v) is 15.8. The summed E-state index contributed by atoms with van der Waals surface area (Å²) in [6, 6.07) is 32.8. The maximum Gasteiger partial charge on any atom is 0.0973 e. The highest BCUT2D eigenvalue weighted by atomic mass is 15.2. The number of piperidine rings is 1. The molecule has 27 heavy (non-hydrogen) atoms. The average Bonchev–Trinajstić information content (AvgIpc) is 2.77. The van der Waals surface area contributed by atoms with E-state index in [4.69, 9.17) is 5.73 Å². The molecule has 1 atom stereocenters. The molecule has 0 aliphatic carbocycles. The van der Waals surface area contributed by atoms with E-state index in [0.717, 1.165) is 19.6 Å². The van der Waals surface area contributed by atoms with Crippen LogP contribution in [0.15, 0.2) is 91.0 Å². The van der Waals surface area contributed by atoms with Gasteiger partial charge in [-0.2, -0.15) is 0 Å². The fourth-order valence-electron chi connectivity index (χ4n) is 4.65. The molecule has 1 saturated heterocycles. The van der Waals surface area contributed by atoms with Gasteiger partial charge in [0, 0.05) is 6.54 Å². The summed E-state index contributed by atoms with van der Waals surface area (Å²) in [6.07, 6.45) is 2.41. The van der Waals surface area contributed by atoms with Crippen LogP contribution in [0.4, 0.5) is 0 Å². The van der Waals surface area contributed by atoms with Crippen molar-refractivity contribution in [2.24, 2.45) is 11.7 Å². The van der Waals surface area contributed by atoms with Crippen LogP contribution in [0.2, 0.25) is 0 Å². The lowest BCUT2D eigenvalue weighted by Crippen LogP contribution is -2.53. The number of rotatable bonds is 5. The van der Waals surface area contributed by atoms with E-state index in [1.807, 2.05) is 0 Å². The molecule has 0 bridgehead atoms. The summed E-state index contributed by atoms with van der Waals surface area (Å²) in [7, 11) is 0. The smallest absolute Gasteiger partial charge is 0.0973 e. The molecule has 4 rings (SSSR count). The quantitative estimate of drug-likeness (QED) is 0.674. The Balaban J connectivity index is 1.98. The minimum Gasteiger partial charge on any atom is -0.330 e. The fraction of sp³-hybridized carbons (Fsp3) is 0.280. The molecule has 1 unspecified atom stereocenters. The topological polar surface area (TPSA) is 29.3 Å². The highest BCUT2D eigenvalue weighted by molar-refractivity contribution is 5.49. The van der Waals surface area contributed by atoms with Gasteiger partial charge in [0.1, 0.15) is 0 Å². The highest BCUT2D eigenvalue weighted by Gasteiger charge is 2.43. The molecular formula is C25H28N2. The number of nitrogens with zero attached hydrogens (tertiary/aromatic N) is 1. The standard InChI is InChI=1S/C25H28N2/c26-19-21-11-10-18-27(20-21)25(22-12-4-1-5-13-22,23-14-6-2-7-15-23)24-16-8-3-9-17-24/h1-9,12-17,21H,10-11,18-20,26H2. The zero-order valence-electron chi connectivity index (χ0n) is 15.8. The van der Waals surface area contributed by atoms with Gasteiger partial charge in [-0.25, -0.2) is 0 Å². The van der Waals surface area contributed by atoms with Crippen molar-refractivity contribution in [3.05, 3.63) is 108 Å². The van der Waals surface area contributed by atoms with E-state index < -0.39 is 0 Å². The molecule has 0 radical (unpaired) electrons. The first-order chi connectivity index (χ1) is 13.4. The monoisotopic (exact) mass is 356 g/mol. The molecule has 1 aliphatic rings. The van der Waals surface area contributed by atoms with E-state index in [9.17, 15) is 0 Å². The first-order valence-electron chi connectivity index (χ1n) is 9.97. The number of hydrogen-bond donors (Lipinski definition) is 1. The Morgan fingerprint density at radius 2 is 1.19 bits per heavy atom. The third kappa shape index (κ3) is 3.31. The van der Waals surface area contributed by atoms with Gasteiger partial charge in [-0.05, 0) is 48.5 Å². The van der Waals surface area contributed by atoms with Gasteiger partial charge in [-0.1, -0.05) is 91.0 Å². The third-order valence-electron chi connectivity index (χ3n) is 5.90. The van der Waals surface area contributed by atoms with Gasteiger partial charge in [-0.15, -0.1) is 0 Å². The zero-order chi connectivity index (χ0) is 18.5. The van der Waals surface area contributed by atoms with E-state index in [1.54, 1.807) is 0 Å². The normalized spacial score (nSPS) is 18.3. The maximum absolute atomic E-state index is 6.10. The minimum atomic E-state index is -0.294. The Hall–Kier alpha value is -2.42. The predicted octanol–water partition coefficient (Wildman–Crippen LogP) is 4.65. The molecule has 1 heterocycles. The van der Waals surface area contributed by atoms with Crippen molar-refractivity contribution in [3.8, 4) is 0 Å². The van der Waals surface area contributed by atoms with Crippen LogP contribution in [0, 0.1) is 5.92 Å². The van der Waals surface area contributed by atoms with Crippen LogP contribution in [0.1, 0.15) is 29.5 Å². The largest absolute Gasteiger partial charge is 0.330 e. The second-order valence-corrected chi connectivity index (χ2v) is 7.50. The number of benzene rings is 3. The van der Waals surface area contributed by atoms with Crippen LogP contribution >= 0.6 is 0 Å². The molecule has 3 aromatic rings. The molecule has 1 aliphatic heterocycles. The summed E-state index contributed by atoms with van der Waals surface area (Å²) in [5.41, 5.74) is 9.76. The maximum atomic E-state index is 6.10. The van der Waals surface area contributed by atoms with Gasteiger partial charge in [0.2, 0.25) is 0 Å². The average molecular weight is 357 g/mol. The first-order valence-corrected chi connectivity index (χ1v) is 9.97. The number of likely N-dealkylation sites (tertiary alicyclic amines) is 1. The molecule has 1 fully saturated rings. The van der Waals surface area contributed by atoms with Gasteiger partial charge >= 0.3 is 0 Å². The summed E-state index contributed by atoms with van der Waals surface area (Å²) in [4.78, 5) is 2.66. The number of hydrogen-bond acceptors (Lipinski definition) is 2. The van der Waals surface area contributed by atoms with E-state index >= 15 is 0 Å². The molecule has 0 amide bonds. The SMILES string of the molecule is NCC1CCCN(C(c2ccccc2)(c2ccccc2)c2ccccc2)C1. The molecule has 2 N–H and O–H groups in total. The van der Waals surface area contributed by atoms with E-state index in [-0.39, 0.29) is 5.54 Å². The van der Waals surface area contributed by atoms with Crippen LogP contribution in [0.25, 0.3) is 0 Å². The highest BCUT2D eigenvalue weighted by Crippen LogP contribution is 2.44. The molecule has 0 spiro atoms. The van der Waals surface area contributed by atoms with Crippen LogP contribution in [0.3, 0.4) is 0 Å². The lowest BCUT2D eigenvalue weighted by atomic mass is 9.74. The second kappa shape index (κ2) is 8.08. The van der Waals surface area contributed by atoms with Crippen molar-refractivity contribution in [1.29, 1.82) is 0 Å². The van der Waals surface area contributed by atoms with Gasteiger partial charge in [0.25, 0.3) is 0 Å². The lowest BCUT2D eigenvalue weighted by molar-refractivity contribution is 0.0954. The predicted molar refractivity (Wildman–Crippen MR) is 113 cm³/mol. The van der Waals surface area contributed by atoms with Crippen molar-refractivity contribution in [3.63, 3.8) is 0 Å². The minimum absolute atomic E-state index is 0.294. The van der Waals surface area contributed by atoms with Gasteiger partial charge in [0.15, 0.2) is 0 Å². The first kappa shape index (κ1) is 18.0. The Morgan fingerprint density at radius 3 is 1.59 bits per heavy atom. The third-order valence-corrected chi connectivity index (χ3v) is 5.90. The summed E-state index contributed by atoms with van der Waals surface area (Å²) in [6.45, 7) is 2.86. The Kier molecular flexibility index (Phi) is 5.38. The van der Waals surface area contributed by atoms with E-state index in [1.165, 1.54) is 29.5 Å². The van der Waals surface area contributed by atoms with Crippen molar-refractivity contribution < 1.29 is 0 Å². The van der Waals surface area contributed by atoms with Gasteiger partial charge in [0.05, 0.1) is 5.54 Å². The Bertz CT molecular complexity index is 733. The van der Waals surface area contributed by atoms with Crippen LogP contribution in [0.5, 0.6) is 0 Å². The summed E-state index contributed by atoms with van der Waals surface area (Å²) in [5, 5.41) is 0. The molecule has 0 aromatic heterocycles. The molecule has 3 aromatic carbocycles. The van der Waals surface area contributed by atoms with Crippen LogP contribution in [-0.2, 0) is 5.54 Å².